The number of aliphatic hydroxyl groups excluding tert-OH is 1. The van der Waals surface area contributed by atoms with Gasteiger partial charge in [0.1, 0.15) is 12.4 Å². The first-order valence-corrected chi connectivity index (χ1v) is 4.04. The van der Waals surface area contributed by atoms with Crippen LogP contribution in [0.25, 0.3) is 0 Å². The largest absolute Gasteiger partial charge is 0.496 e. The number of benzene rings is 1. The molecule has 0 aliphatic carbocycles. The third kappa shape index (κ3) is 2.20. The number of ketones is 1. The summed E-state index contributed by atoms with van der Waals surface area (Å²) in [6, 6.07) is 4.64. The minimum atomic E-state index is -0.530. The molecule has 0 unspecified atom stereocenters. The molecular formula is C9H9ClO3. The molecule has 0 aromatic heterocycles. The van der Waals surface area contributed by atoms with E-state index in [2.05, 4.69) is 0 Å². The van der Waals surface area contributed by atoms with E-state index >= 15 is 0 Å². The number of Topliss-reactive ketones (excluding diaryl/α,β-unsaturated/α-hetero) is 1. The average Bonchev–Trinajstić information content (AvgIpc) is 2.16. The third-order valence-electron chi connectivity index (χ3n) is 1.61. The molecule has 0 aliphatic rings. The van der Waals surface area contributed by atoms with E-state index in [4.69, 9.17) is 21.4 Å². The fourth-order valence-corrected chi connectivity index (χ4v) is 1.14. The lowest BCUT2D eigenvalue weighted by atomic mass is 10.1. The lowest BCUT2D eigenvalue weighted by Crippen LogP contribution is -2.06. The molecule has 1 aromatic rings. The molecule has 0 heterocycles. The zero-order valence-corrected chi connectivity index (χ0v) is 7.84. The Bertz CT molecular complexity index is 323. The number of aliphatic hydroxyl groups is 1. The summed E-state index contributed by atoms with van der Waals surface area (Å²) in [5.74, 6) is 0.0000617. The molecule has 0 saturated heterocycles. The van der Waals surface area contributed by atoms with Gasteiger partial charge in [0, 0.05) is 5.02 Å². The Morgan fingerprint density at radius 1 is 1.62 bits per heavy atom. The van der Waals surface area contributed by atoms with Crippen LogP contribution >= 0.6 is 11.6 Å². The van der Waals surface area contributed by atoms with E-state index in [0.29, 0.717) is 16.3 Å². The highest BCUT2D eigenvalue weighted by molar-refractivity contribution is 6.30. The maximum Gasteiger partial charge on any atom is 0.191 e. The average molecular weight is 201 g/mol. The minimum Gasteiger partial charge on any atom is -0.496 e. The van der Waals surface area contributed by atoms with Crippen LogP contribution < -0.4 is 4.74 Å². The SMILES string of the molecule is COc1cc(Cl)ccc1C(=O)CO. The molecule has 13 heavy (non-hydrogen) atoms. The molecule has 0 bridgehead atoms. The standard InChI is InChI=1S/C9H9ClO3/c1-13-9-4-6(10)2-3-7(9)8(12)5-11/h2-4,11H,5H2,1H3. The summed E-state index contributed by atoms with van der Waals surface area (Å²) in [6.07, 6.45) is 0. The van der Waals surface area contributed by atoms with E-state index in [-0.39, 0.29) is 5.78 Å². The highest BCUT2D eigenvalue weighted by Gasteiger charge is 2.10. The van der Waals surface area contributed by atoms with Crippen LogP contribution in [0.4, 0.5) is 0 Å². The molecule has 0 fully saturated rings. The molecule has 1 aromatic carbocycles. The molecule has 0 radical (unpaired) electrons. The molecule has 70 valence electrons. The number of methoxy groups -OCH3 is 1. The van der Waals surface area contributed by atoms with Crippen molar-refractivity contribution in [3.63, 3.8) is 0 Å². The van der Waals surface area contributed by atoms with Crippen LogP contribution in [0.5, 0.6) is 5.75 Å². The summed E-state index contributed by atoms with van der Waals surface area (Å²) in [5, 5.41) is 9.13. The van der Waals surface area contributed by atoms with Crippen LogP contribution in [0.3, 0.4) is 0 Å². The van der Waals surface area contributed by atoms with Gasteiger partial charge in [0.2, 0.25) is 0 Å². The van der Waals surface area contributed by atoms with Crippen molar-refractivity contribution in [2.24, 2.45) is 0 Å². The third-order valence-corrected chi connectivity index (χ3v) is 1.84. The molecule has 0 aliphatic heterocycles. The second-order valence-electron chi connectivity index (χ2n) is 2.43. The number of hydrogen-bond acceptors (Lipinski definition) is 3. The first kappa shape index (κ1) is 10.0. The van der Waals surface area contributed by atoms with Crippen molar-refractivity contribution in [1.82, 2.24) is 0 Å². The number of carbonyl (C=O) groups is 1. The van der Waals surface area contributed by atoms with Crippen molar-refractivity contribution >= 4 is 17.4 Å². The van der Waals surface area contributed by atoms with E-state index in [0.717, 1.165) is 0 Å². The topological polar surface area (TPSA) is 46.5 Å². The molecule has 1 N–H and O–H groups in total. The maximum absolute atomic E-state index is 11.1. The zero-order chi connectivity index (χ0) is 9.84. The van der Waals surface area contributed by atoms with Crippen molar-refractivity contribution in [3.8, 4) is 5.75 Å². The molecule has 3 nitrogen and oxygen atoms in total. The Labute approximate surface area is 80.9 Å². The summed E-state index contributed by atoms with van der Waals surface area (Å²) >= 11 is 5.69. The monoisotopic (exact) mass is 200 g/mol. The fraction of sp³-hybridized carbons (Fsp3) is 0.222. The summed E-state index contributed by atoms with van der Waals surface area (Å²) in [6.45, 7) is -0.530. The van der Waals surface area contributed by atoms with Crippen LogP contribution in [0.15, 0.2) is 18.2 Å². The van der Waals surface area contributed by atoms with Gasteiger partial charge in [-0.3, -0.25) is 4.79 Å². The van der Waals surface area contributed by atoms with Crippen molar-refractivity contribution < 1.29 is 14.6 Å². The van der Waals surface area contributed by atoms with Crippen molar-refractivity contribution in [3.05, 3.63) is 28.8 Å². The second kappa shape index (κ2) is 4.25. The predicted octanol–water partition coefficient (Wildman–Crippen LogP) is 1.52. The van der Waals surface area contributed by atoms with Gasteiger partial charge in [0.15, 0.2) is 5.78 Å². The van der Waals surface area contributed by atoms with Gasteiger partial charge in [0.25, 0.3) is 0 Å². The first-order valence-electron chi connectivity index (χ1n) is 3.66. The number of hydrogen-bond donors (Lipinski definition) is 1. The van der Waals surface area contributed by atoms with Gasteiger partial charge in [-0.25, -0.2) is 0 Å². The molecule has 0 atom stereocenters. The Morgan fingerprint density at radius 2 is 2.31 bits per heavy atom. The van der Waals surface area contributed by atoms with E-state index in [1.54, 1.807) is 6.07 Å². The van der Waals surface area contributed by atoms with E-state index in [1.807, 2.05) is 0 Å². The van der Waals surface area contributed by atoms with Gasteiger partial charge < -0.3 is 9.84 Å². The van der Waals surface area contributed by atoms with Gasteiger partial charge >= 0.3 is 0 Å². The lowest BCUT2D eigenvalue weighted by Gasteiger charge is -2.05. The van der Waals surface area contributed by atoms with Crippen molar-refractivity contribution in [1.29, 1.82) is 0 Å². The smallest absolute Gasteiger partial charge is 0.191 e. The van der Waals surface area contributed by atoms with Gasteiger partial charge in [0.05, 0.1) is 12.7 Å². The Hall–Kier alpha value is -1.06. The van der Waals surface area contributed by atoms with Crippen LogP contribution in [-0.4, -0.2) is 24.6 Å². The molecule has 4 heteroatoms. The Balaban J connectivity index is 3.13. The van der Waals surface area contributed by atoms with Gasteiger partial charge in [-0.05, 0) is 18.2 Å². The molecule has 0 amide bonds. The quantitative estimate of drug-likeness (QED) is 0.753. The second-order valence-corrected chi connectivity index (χ2v) is 2.86. The molecule has 1 rings (SSSR count). The van der Waals surface area contributed by atoms with Gasteiger partial charge in [-0.2, -0.15) is 0 Å². The van der Waals surface area contributed by atoms with Crippen LogP contribution in [0, 0.1) is 0 Å². The minimum absolute atomic E-state index is 0.342. The number of carbonyl (C=O) groups excluding carboxylic acids is 1. The van der Waals surface area contributed by atoms with E-state index in [1.165, 1.54) is 19.2 Å². The zero-order valence-electron chi connectivity index (χ0n) is 7.08. The van der Waals surface area contributed by atoms with Crippen LogP contribution in [0.2, 0.25) is 5.02 Å². The maximum atomic E-state index is 11.1. The van der Waals surface area contributed by atoms with Crippen molar-refractivity contribution in [2.75, 3.05) is 13.7 Å². The molecule has 0 spiro atoms. The van der Waals surface area contributed by atoms with Crippen LogP contribution in [0.1, 0.15) is 10.4 Å². The lowest BCUT2D eigenvalue weighted by molar-refractivity contribution is 0.0900. The van der Waals surface area contributed by atoms with Crippen molar-refractivity contribution in [2.45, 2.75) is 0 Å². The fourth-order valence-electron chi connectivity index (χ4n) is 0.981. The predicted molar refractivity (Wildman–Crippen MR) is 49.4 cm³/mol. The normalized spacial score (nSPS) is 9.77. The van der Waals surface area contributed by atoms with Crippen LogP contribution in [-0.2, 0) is 0 Å². The number of ether oxygens (including phenoxy) is 1. The molecule has 0 saturated carbocycles. The number of rotatable bonds is 3. The molecular weight excluding hydrogens is 192 g/mol. The summed E-state index contributed by atoms with van der Waals surface area (Å²) in [7, 11) is 1.44. The highest BCUT2D eigenvalue weighted by Crippen LogP contribution is 2.23. The Kier molecular flexibility index (Phi) is 3.28. The van der Waals surface area contributed by atoms with Gasteiger partial charge in [-0.1, -0.05) is 11.6 Å². The number of halogens is 1. The summed E-state index contributed by atoms with van der Waals surface area (Å²) < 4.78 is 4.93. The van der Waals surface area contributed by atoms with E-state index in [9.17, 15) is 4.79 Å². The first-order chi connectivity index (χ1) is 6.19. The summed E-state index contributed by atoms with van der Waals surface area (Å²) in [5.41, 5.74) is 0.342. The summed E-state index contributed by atoms with van der Waals surface area (Å²) in [4.78, 5) is 11.1. The Morgan fingerprint density at radius 3 is 2.85 bits per heavy atom. The highest BCUT2D eigenvalue weighted by atomic mass is 35.5. The van der Waals surface area contributed by atoms with E-state index < -0.39 is 6.61 Å². The van der Waals surface area contributed by atoms with Gasteiger partial charge in [-0.15, -0.1) is 0 Å².